The lowest BCUT2D eigenvalue weighted by molar-refractivity contribution is -0.131. The van der Waals surface area contributed by atoms with E-state index in [0.29, 0.717) is 35.7 Å². The summed E-state index contributed by atoms with van der Waals surface area (Å²) in [5.41, 5.74) is 8.50. The molecular weight excluding hydrogens is 446 g/mol. The maximum Gasteiger partial charge on any atom is 0.240 e. The Morgan fingerprint density at radius 3 is 2.29 bits per heavy atom. The van der Waals surface area contributed by atoms with Crippen LogP contribution in [0.5, 0.6) is 11.5 Å². The fourth-order valence-electron chi connectivity index (χ4n) is 4.12. The number of nitrogen functional groups attached to an aromatic ring is 1. The van der Waals surface area contributed by atoms with Gasteiger partial charge in [-0.25, -0.2) is 9.97 Å². The lowest BCUT2D eigenvalue weighted by Gasteiger charge is -2.16. The van der Waals surface area contributed by atoms with Gasteiger partial charge in [-0.15, -0.1) is 0 Å². The molecule has 0 bridgehead atoms. The summed E-state index contributed by atoms with van der Waals surface area (Å²) < 4.78 is 10.6. The van der Waals surface area contributed by atoms with Gasteiger partial charge in [0.15, 0.2) is 11.5 Å². The van der Waals surface area contributed by atoms with Crippen molar-refractivity contribution < 1.29 is 19.1 Å². The Kier molecular flexibility index (Phi) is 4.77. The number of nitrogens with two attached hydrogens (primary N) is 1. The number of carbonyl (C=O) groups is 2. The van der Waals surface area contributed by atoms with Gasteiger partial charge in [0.25, 0.3) is 0 Å². The second-order valence-corrected chi connectivity index (χ2v) is 8.64. The summed E-state index contributed by atoms with van der Waals surface area (Å²) in [5, 5.41) is 6.63. The SMILES string of the molecule is Nc1ncc2ccc(-c3ccc(NC(=O)C4(C(=O)Nc5ccc6c(c5)OCO6)CC4)cc3)cc2n1. The van der Waals surface area contributed by atoms with Gasteiger partial charge in [0.1, 0.15) is 5.41 Å². The standard InChI is InChI=1S/C26H21N5O4/c27-25-28-13-17-2-1-16(11-20(17)31-25)15-3-5-18(6-4-15)29-23(32)26(9-10-26)24(33)30-19-7-8-21-22(12-19)35-14-34-21/h1-8,11-13H,9-10,14H2,(H,29,32)(H,30,33)(H2,27,28,31). The third kappa shape index (κ3) is 3.86. The third-order valence-electron chi connectivity index (χ3n) is 6.33. The molecule has 1 aliphatic heterocycles. The predicted octanol–water partition coefficient (Wildman–Crippen LogP) is 3.97. The summed E-state index contributed by atoms with van der Waals surface area (Å²) >= 11 is 0. The fourth-order valence-corrected chi connectivity index (χ4v) is 4.12. The normalized spacial score (nSPS) is 15.0. The molecule has 1 aromatic heterocycles. The quantitative estimate of drug-likeness (QED) is 0.379. The number of hydrogen-bond donors (Lipinski definition) is 3. The molecule has 1 saturated carbocycles. The van der Waals surface area contributed by atoms with E-state index in [1.54, 1.807) is 24.4 Å². The molecule has 35 heavy (non-hydrogen) atoms. The van der Waals surface area contributed by atoms with E-state index in [2.05, 4.69) is 20.6 Å². The molecule has 4 aromatic rings. The molecule has 0 spiro atoms. The molecule has 3 aromatic carbocycles. The van der Waals surface area contributed by atoms with E-state index in [4.69, 9.17) is 15.2 Å². The van der Waals surface area contributed by atoms with Gasteiger partial charge >= 0.3 is 0 Å². The highest BCUT2D eigenvalue weighted by atomic mass is 16.7. The lowest BCUT2D eigenvalue weighted by atomic mass is 10.0. The van der Waals surface area contributed by atoms with Crippen LogP contribution >= 0.6 is 0 Å². The van der Waals surface area contributed by atoms with E-state index in [1.807, 2.05) is 42.5 Å². The largest absolute Gasteiger partial charge is 0.454 e. The van der Waals surface area contributed by atoms with Gasteiger partial charge < -0.3 is 25.8 Å². The Bertz CT molecular complexity index is 1480. The Morgan fingerprint density at radius 2 is 1.51 bits per heavy atom. The number of benzene rings is 3. The molecule has 1 fully saturated rings. The van der Waals surface area contributed by atoms with E-state index < -0.39 is 5.41 Å². The monoisotopic (exact) mass is 467 g/mol. The highest BCUT2D eigenvalue weighted by Gasteiger charge is 2.56. The van der Waals surface area contributed by atoms with Crippen LogP contribution in [0, 0.1) is 5.41 Å². The van der Waals surface area contributed by atoms with Crippen LogP contribution in [0.15, 0.2) is 66.9 Å². The maximum atomic E-state index is 13.0. The highest BCUT2D eigenvalue weighted by Crippen LogP contribution is 2.48. The van der Waals surface area contributed by atoms with Crippen molar-refractivity contribution in [3.63, 3.8) is 0 Å². The Hall–Kier alpha value is -4.66. The molecule has 174 valence electrons. The average Bonchev–Trinajstić information content (AvgIpc) is 3.56. The summed E-state index contributed by atoms with van der Waals surface area (Å²) in [6.45, 7) is 0.154. The first-order valence-electron chi connectivity index (χ1n) is 11.2. The molecule has 6 rings (SSSR count). The van der Waals surface area contributed by atoms with Crippen LogP contribution in [0.2, 0.25) is 0 Å². The van der Waals surface area contributed by atoms with Crippen molar-refractivity contribution in [2.24, 2.45) is 5.41 Å². The number of carbonyl (C=O) groups excluding carboxylic acids is 2. The van der Waals surface area contributed by atoms with Gasteiger partial charge in [0.2, 0.25) is 24.6 Å². The third-order valence-corrected chi connectivity index (χ3v) is 6.33. The van der Waals surface area contributed by atoms with Crippen LogP contribution in [-0.2, 0) is 9.59 Å². The van der Waals surface area contributed by atoms with Gasteiger partial charge in [-0.1, -0.05) is 24.3 Å². The van der Waals surface area contributed by atoms with Gasteiger partial charge in [0, 0.05) is 29.0 Å². The van der Waals surface area contributed by atoms with Crippen molar-refractivity contribution in [3.05, 3.63) is 66.9 Å². The number of amides is 2. The van der Waals surface area contributed by atoms with Gasteiger partial charge in [0.05, 0.1) is 5.52 Å². The van der Waals surface area contributed by atoms with E-state index in [0.717, 1.165) is 22.0 Å². The smallest absolute Gasteiger partial charge is 0.240 e. The number of rotatable bonds is 5. The van der Waals surface area contributed by atoms with Crippen LogP contribution in [0.1, 0.15) is 12.8 Å². The van der Waals surface area contributed by atoms with Gasteiger partial charge in [-0.2, -0.15) is 0 Å². The van der Waals surface area contributed by atoms with Crippen molar-refractivity contribution in [1.29, 1.82) is 0 Å². The summed E-state index contributed by atoms with van der Waals surface area (Å²) in [6, 6.07) is 18.5. The molecule has 4 N–H and O–H groups in total. The Morgan fingerprint density at radius 1 is 0.829 bits per heavy atom. The van der Waals surface area contributed by atoms with Crippen molar-refractivity contribution in [1.82, 2.24) is 9.97 Å². The summed E-state index contributed by atoms with van der Waals surface area (Å²) in [5.74, 6) is 0.777. The van der Waals surface area contributed by atoms with Crippen molar-refractivity contribution in [3.8, 4) is 22.6 Å². The fraction of sp³-hybridized carbons (Fsp3) is 0.154. The van der Waals surface area contributed by atoms with Gasteiger partial charge in [-0.3, -0.25) is 9.59 Å². The maximum absolute atomic E-state index is 13.0. The Labute approximate surface area is 200 Å². The summed E-state index contributed by atoms with van der Waals surface area (Å²) in [4.78, 5) is 34.2. The molecule has 0 unspecified atom stereocenters. The molecule has 0 saturated heterocycles. The molecule has 1 aliphatic carbocycles. The average molecular weight is 467 g/mol. The summed E-state index contributed by atoms with van der Waals surface area (Å²) in [6.07, 6.45) is 2.68. The van der Waals surface area contributed by atoms with Crippen molar-refractivity contribution in [2.45, 2.75) is 12.8 Å². The molecule has 9 nitrogen and oxygen atoms in total. The second kappa shape index (κ2) is 7.98. The van der Waals surface area contributed by atoms with Gasteiger partial charge in [-0.05, 0) is 54.3 Å². The molecule has 0 radical (unpaired) electrons. The van der Waals surface area contributed by atoms with E-state index >= 15 is 0 Å². The van der Waals surface area contributed by atoms with Crippen molar-refractivity contribution >= 4 is 40.0 Å². The van der Waals surface area contributed by atoms with E-state index in [-0.39, 0.29) is 24.6 Å². The lowest BCUT2D eigenvalue weighted by Crippen LogP contribution is -2.35. The zero-order chi connectivity index (χ0) is 24.0. The number of fused-ring (bicyclic) bond motifs is 2. The van der Waals surface area contributed by atoms with Crippen LogP contribution in [0.3, 0.4) is 0 Å². The first kappa shape index (κ1) is 20.9. The topological polar surface area (TPSA) is 128 Å². The first-order chi connectivity index (χ1) is 17.0. The number of nitrogens with one attached hydrogen (secondary N) is 2. The molecule has 0 atom stereocenters. The summed E-state index contributed by atoms with van der Waals surface area (Å²) in [7, 11) is 0. The molecule has 2 heterocycles. The number of hydrogen-bond acceptors (Lipinski definition) is 7. The number of anilines is 3. The Balaban J connectivity index is 1.14. The molecule has 2 amide bonds. The van der Waals surface area contributed by atoms with Crippen LogP contribution in [0.25, 0.3) is 22.0 Å². The van der Waals surface area contributed by atoms with Crippen molar-refractivity contribution in [2.75, 3.05) is 23.2 Å². The zero-order valence-electron chi connectivity index (χ0n) is 18.6. The molecule has 9 heteroatoms. The second-order valence-electron chi connectivity index (χ2n) is 8.64. The van der Waals surface area contributed by atoms with Crippen LogP contribution < -0.4 is 25.8 Å². The number of nitrogens with zero attached hydrogens (tertiary/aromatic N) is 2. The van der Waals surface area contributed by atoms with E-state index in [1.165, 1.54) is 0 Å². The molecule has 2 aliphatic rings. The number of ether oxygens (including phenoxy) is 2. The minimum absolute atomic E-state index is 0.154. The molecular formula is C26H21N5O4. The minimum Gasteiger partial charge on any atom is -0.454 e. The predicted molar refractivity (Wildman–Crippen MR) is 131 cm³/mol. The highest BCUT2D eigenvalue weighted by molar-refractivity contribution is 6.17. The minimum atomic E-state index is -1.08. The van der Waals surface area contributed by atoms with E-state index in [9.17, 15) is 9.59 Å². The first-order valence-corrected chi connectivity index (χ1v) is 11.2. The van der Waals surface area contributed by atoms with Crippen LogP contribution in [0.4, 0.5) is 17.3 Å². The van der Waals surface area contributed by atoms with Crippen LogP contribution in [-0.4, -0.2) is 28.6 Å². The number of aromatic nitrogens is 2. The zero-order valence-corrected chi connectivity index (χ0v) is 18.6.